The first-order valence-electron chi connectivity index (χ1n) is 10.1. The van der Waals surface area contributed by atoms with Crippen molar-refractivity contribution < 1.29 is 0 Å². The molecule has 0 fully saturated rings. The summed E-state index contributed by atoms with van der Waals surface area (Å²) in [5.41, 5.74) is 9.81. The lowest BCUT2D eigenvalue weighted by Crippen LogP contribution is -2.12. The molecule has 1 unspecified atom stereocenters. The average Bonchev–Trinajstić information content (AvgIpc) is 3.18. The van der Waals surface area contributed by atoms with E-state index in [0.29, 0.717) is 5.92 Å². The number of hydrogen-bond donors (Lipinski definition) is 0. The summed E-state index contributed by atoms with van der Waals surface area (Å²) >= 11 is 0. The Kier molecular flexibility index (Phi) is 3.48. The van der Waals surface area contributed by atoms with E-state index in [-0.39, 0.29) is 0 Å². The van der Waals surface area contributed by atoms with Crippen molar-refractivity contribution in [3.8, 4) is 28.2 Å². The first kappa shape index (κ1) is 16.3. The summed E-state index contributed by atoms with van der Waals surface area (Å²) in [4.78, 5) is 5.14. The van der Waals surface area contributed by atoms with Crippen molar-refractivity contribution in [1.29, 1.82) is 0 Å². The molecule has 2 nitrogen and oxygen atoms in total. The van der Waals surface area contributed by atoms with Crippen molar-refractivity contribution in [2.24, 2.45) is 0 Å². The molecule has 5 aromatic rings. The minimum atomic E-state index is 0.324. The second kappa shape index (κ2) is 6.18. The maximum absolute atomic E-state index is 5.14. The standard InChI is InChI=1S/C27H20N2/c1-18-22-14-8-9-15-25(22)29-26-23(18)16-21(19-10-4-2-5-11-19)17-24(26)28-27(29)20-12-6-3-7-13-20/h2-18H,1H3. The largest absolute Gasteiger partial charge is 0.292 e. The molecule has 1 aliphatic rings. The zero-order chi connectivity index (χ0) is 19.4. The summed E-state index contributed by atoms with van der Waals surface area (Å²) in [5.74, 6) is 1.33. The zero-order valence-electron chi connectivity index (χ0n) is 16.2. The maximum Gasteiger partial charge on any atom is 0.145 e. The molecule has 1 aliphatic heterocycles. The maximum atomic E-state index is 5.14. The molecule has 0 saturated carbocycles. The van der Waals surface area contributed by atoms with Crippen molar-refractivity contribution in [1.82, 2.24) is 9.55 Å². The molecule has 2 heterocycles. The van der Waals surface area contributed by atoms with Gasteiger partial charge in [-0.15, -0.1) is 0 Å². The molecule has 1 atom stereocenters. The van der Waals surface area contributed by atoms with Crippen LogP contribution in [0.2, 0.25) is 0 Å². The number of imidazole rings is 1. The molecule has 1 aromatic heterocycles. The van der Waals surface area contributed by atoms with Gasteiger partial charge in [-0.1, -0.05) is 85.8 Å². The fraction of sp³-hybridized carbons (Fsp3) is 0.0741. The van der Waals surface area contributed by atoms with E-state index in [4.69, 9.17) is 4.98 Å². The van der Waals surface area contributed by atoms with Gasteiger partial charge in [0.2, 0.25) is 0 Å². The van der Waals surface area contributed by atoms with Crippen LogP contribution in [0.3, 0.4) is 0 Å². The van der Waals surface area contributed by atoms with Crippen molar-refractivity contribution in [2.45, 2.75) is 12.8 Å². The fourth-order valence-corrected chi connectivity index (χ4v) is 4.61. The highest BCUT2D eigenvalue weighted by Gasteiger charge is 2.28. The van der Waals surface area contributed by atoms with E-state index in [1.807, 2.05) is 0 Å². The van der Waals surface area contributed by atoms with Crippen molar-refractivity contribution in [3.63, 3.8) is 0 Å². The van der Waals surface area contributed by atoms with E-state index in [9.17, 15) is 0 Å². The van der Waals surface area contributed by atoms with Crippen LogP contribution < -0.4 is 0 Å². The number of fused-ring (bicyclic) bond motifs is 2. The number of hydrogen-bond acceptors (Lipinski definition) is 1. The van der Waals surface area contributed by atoms with Crippen LogP contribution in [0.4, 0.5) is 0 Å². The predicted octanol–water partition coefficient (Wildman–Crippen LogP) is 6.82. The van der Waals surface area contributed by atoms with Gasteiger partial charge in [-0.2, -0.15) is 0 Å². The SMILES string of the molecule is CC1c2ccccc2-n2c(-c3ccccc3)nc3cc(-c4ccccc4)cc1c32. The Morgan fingerprint density at radius 3 is 2.07 bits per heavy atom. The Hall–Kier alpha value is -3.65. The summed E-state index contributed by atoms with van der Waals surface area (Å²) in [6, 6.07) is 34.4. The molecule has 0 amide bonds. The molecular weight excluding hydrogens is 352 g/mol. The Morgan fingerprint density at radius 2 is 1.31 bits per heavy atom. The van der Waals surface area contributed by atoms with Crippen LogP contribution in [0.15, 0.2) is 97.1 Å². The van der Waals surface area contributed by atoms with Crippen LogP contribution in [-0.2, 0) is 0 Å². The normalized spacial score (nSPS) is 14.7. The zero-order valence-corrected chi connectivity index (χ0v) is 16.2. The lowest BCUT2D eigenvalue weighted by atomic mass is 9.86. The van der Waals surface area contributed by atoms with Gasteiger partial charge >= 0.3 is 0 Å². The Bertz CT molecular complexity index is 1350. The second-order valence-electron chi connectivity index (χ2n) is 7.72. The monoisotopic (exact) mass is 372 g/mol. The first-order valence-corrected chi connectivity index (χ1v) is 10.1. The molecule has 0 spiro atoms. The van der Waals surface area contributed by atoms with Gasteiger partial charge in [0.1, 0.15) is 5.82 Å². The van der Waals surface area contributed by atoms with Gasteiger partial charge in [0.05, 0.1) is 16.7 Å². The quantitative estimate of drug-likeness (QED) is 0.332. The molecule has 4 aromatic carbocycles. The fourth-order valence-electron chi connectivity index (χ4n) is 4.61. The molecule has 0 N–H and O–H groups in total. The van der Waals surface area contributed by atoms with Crippen LogP contribution >= 0.6 is 0 Å². The van der Waals surface area contributed by atoms with Gasteiger partial charge in [-0.25, -0.2) is 4.98 Å². The lowest BCUT2D eigenvalue weighted by Gasteiger charge is -2.26. The second-order valence-corrected chi connectivity index (χ2v) is 7.72. The van der Waals surface area contributed by atoms with E-state index in [0.717, 1.165) is 16.9 Å². The Morgan fingerprint density at radius 1 is 0.655 bits per heavy atom. The third kappa shape index (κ3) is 2.39. The minimum absolute atomic E-state index is 0.324. The highest BCUT2D eigenvalue weighted by Crippen LogP contribution is 2.44. The molecule has 0 aliphatic carbocycles. The van der Waals surface area contributed by atoms with Gasteiger partial charge in [-0.3, -0.25) is 4.57 Å². The lowest BCUT2D eigenvalue weighted by molar-refractivity contribution is 0.873. The van der Waals surface area contributed by atoms with E-state index in [1.54, 1.807) is 0 Å². The average molecular weight is 372 g/mol. The Labute approximate surface area is 170 Å². The number of benzene rings is 4. The van der Waals surface area contributed by atoms with Gasteiger partial charge < -0.3 is 0 Å². The molecule has 0 bridgehead atoms. The van der Waals surface area contributed by atoms with Crippen LogP contribution in [0.1, 0.15) is 24.0 Å². The van der Waals surface area contributed by atoms with Crippen LogP contribution in [0, 0.1) is 0 Å². The van der Waals surface area contributed by atoms with Crippen molar-refractivity contribution in [2.75, 3.05) is 0 Å². The summed E-state index contributed by atoms with van der Waals surface area (Å²) in [6.07, 6.45) is 0. The summed E-state index contributed by atoms with van der Waals surface area (Å²) < 4.78 is 2.35. The van der Waals surface area contributed by atoms with Crippen LogP contribution in [0.25, 0.3) is 39.2 Å². The number of aromatic nitrogens is 2. The van der Waals surface area contributed by atoms with E-state index in [2.05, 4.69) is 109 Å². The summed E-state index contributed by atoms with van der Waals surface area (Å²) in [5, 5.41) is 0. The van der Waals surface area contributed by atoms with E-state index < -0.39 is 0 Å². The molecular formula is C27H20N2. The topological polar surface area (TPSA) is 17.8 Å². The molecule has 2 heteroatoms. The predicted molar refractivity (Wildman–Crippen MR) is 119 cm³/mol. The van der Waals surface area contributed by atoms with Crippen molar-refractivity contribution in [3.05, 3.63) is 108 Å². The minimum Gasteiger partial charge on any atom is -0.292 e. The molecule has 6 rings (SSSR count). The third-order valence-electron chi connectivity index (χ3n) is 6.03. The molecule has 138 valence electrons. The highest BCUT2D eigenvalue weighted by atomic mass is 15.1. The number of nitrogens with zero attached hydrogens (tertiary/aromatic N) is 2. The number of rotatable bonds is 2. The Balaban J connectivity index is 1.73. The van der Waals surface area contributed by atoms with Gasteiger partial charge in [0.25, 0.3) is 0 Å². The molecule has 0 saturated heterocycles. The van der Waals surface area contributed by atoms with Gasteiger partial charge in [0.15, 0.2) is 0 Å². The van der Waals surface area contributed by atoms with Gasteiger partial charge in [-0.05, 0) is 40.5 Å². The van der Waals surface area contributed by atoms with E-state index >= 15 is 0 Å². The van der Waals surface area contributed by atoms with Crippen LogP contribution in [0.5, 0.6) is 0 Å². The first-order chi connectivity index (χ1) is 14.3. The van der Waals surface area contributed by atoms with Gasteiger partial charge in [0, 0.05) is 11.5 Å². The third-order valence-corrected chi connectivity index (χ3v) is 6.03. The summed E-state index contributed by atoms with van der Waals surface area (Å²) in [7, 11) is 0. The van der Waals surface area contributed by atoms with Crippen molar-refractivity contribution >= 4 is 11.0 Å². The smallest absolute Gasteiger partial charge is 0.145 e. The highest BCUT2D eigenvalue weighted by molar-refractivity contribution is 5.92. The summed E-state index contributed by atoms with van der Waals surface area (Å²) in [6.45, 7) is 2.31. The van der Waals surface area contributed by atoms with Crippen LogP contribution in [-0.4, -0.2) is 9.55 Å². The molecule has 29 heavy (non-hydrogen) atoms. The molecule has 0 radical (unpaired) electrons. The van der Waals surface area contributed by atoms with E-state index in [1.165, 1.54) is 33.5 Å². The number of para-hydroxylation sites is 1.